The van der Waals surface area contributed by atoms with Crippen molar-refractivity contribution in [2.75, 3.05) is 19.6 Å². The van der Waals surface area contributed by atoms with Crippen molar-refractivity contribution in [1.82, 2.24) is 10.2 Å². The summed E-state index contributed by atoms with van der Waals surface area (Å²) in [6.07, 6.45) is 3.19. The van der Waals surface area contributed by atoms with Crippen LogP contribution in [0.4, 0.5) is 5.69 Å². The number of rotatable bonds is 6. The average Bonchev–Trinajstić information content (AvgIpc) is 2.49. The molecule has 21 heavy (non-hydrogen) atoms. The summed E-state index contributed by atoms with van der Waals surface area (Å²) in [5, 5.41) is 15.0. The van der Waals surface area contributed by atoms with E-state index in [1.54, 1.807) is 12.1 Å². The topological polar surface area (TPSA) is 58.4 Å². The second-order valence-corrected chi connectivity index (χ2v) is 5.85. The summed E-state index contributed by atoms with van der Waals surface area (Å²) in [7, 11) is 0. The number of nitro groups is 1. The first-order valence-electron chi connectivity index (χ1n) is 7.50. The van der Waals surface area contributed by atoms with Crippen LogP contribution in [0.3, 0.4) is 0 Å². The molecule has 0 saturated carbocycles. The van der Waals surface area contributed by atoms with Gasteiger partial charge in [-0.1, -0.05) is 24.6 Å². The highest BCUT2D eigenvalue weighted by Gasteiger charge is 2.24. The van der Waals surface area contributed by atoms with Crippen LogP contribution in [0.15, 0.2) is 18.2 Å². The first kappa shape index (κ1) is 16.2. The number of hydrogen-bond acceptors (Lipinski definition) is 4. The zero-order valence-electron chi connectivity index (χ0n) is 12.3. The van der Waals surface area contributed by atoms with E-state index < -0.39 is 0 Å². The molecule has 1 heterocycles. The molecule has 1 aliphatic rings. The lowest BCUT2D eigenvalue weighted by molar-refractivity contribution is -0.385. The zero-order chi connectivity index (χ0) is 15.2. The molecule has 116 valence electrons. The Bertz CT molecular complexity index is 490. The monoisotopic (exact) mass is 311 g/mol. The molecule has 0 radical (unpaired) electrons. The van der Waals surface area contributed by atoms with Crippen molar-refractivity contribution in [2.45, 2.75) is 38.8 Å². The van der Waals surface area contributed by atoms with Crippen LogP contribution in [0.25, 0.3) is 0 Å². The van der Waals surface area contributed by atoms with Crippen LogP contribution in [0.2, 0.25) is 5.02 Å². The molecule has 5 nitrogen and oxygen atoms in total. The highest BCUT2D eigenvalue weighted by molar-refractivity contribution is 6.31. The molecule has 1 aliphatic heterocycles. The summed E-state index contributed by atoms with van der Waals surface area (Å²) < 4.78 is 0. The van der Waals surface area contributed by atoms with Crippen molar-refractivity contribution in [1.29, 1.82) is 0 Å². The minimum absolute atomic E-state index is 0.123. The molecule has 1 N–H and O–H groups in total. The lowest BCUT2D eigenvalue weighted by atomic mass is 10.0. The third-order valence-electron chi connectivity index (χ3n) is 3.99. The molecular formula is C15H22ClN3O2. The maximum Gasteiger partial charge on any atom is 0.275 e. The minimum Gasteiger partial charge on any atom is -0.317 e. The quantitative estimate of drug-likeness (QED) is 0.647. The van der Waals surface area contributed by atoms with E-state index in [0.29, 0.717) is 23.2 Å². The molecule has 0 unspecified atom stereocenters. The molecule has 2 rings (SSSR count). The van der Waals surface area contributed by atoms with Gasteiger partial charge in [-0.15, -0.1) is 0 Å². The Morgan fingerprint density at radius 3 is 2.76 bits per heavy atom. The van der Waals surface area contributed by atoms with Crippen LogP contribution in [0.1, 0.15) is 31.7 Å². The van der Waals surface area contributed by atoms with Gasteiger partial charge in [-0.3, -0.25) is 15.0 Å². The molecule has 0 spiro atoms. The molecule has 6 heteroatoms. The summed E-state index contributed by atoms with van der Waals surface area (Å²) in [4.78, 5) is 13.2. The molecular weight excluding hydrogens is 290 g/mol. The molecule has 0 bridgehead atoms. The van der Waals surface area contributed by atoms with Gasteiger partial charge in [0.25, 0.3) is 5.69 Å². The van der Waals surface area contributed by atoms with Gasteiger partial charge in [0.15, 0.2) is 0 Å². The molecule has 1 fully saturated rings. The standard InChI is InChI=1S/C15H22ClN3O2/c1-2-10-18(12-6-8-17-9-7-12)11-13-14(16)4-3-5-15(13)19(20)21/h3-5,12,17H,2,6-11H2,1H3. The second kappa shape index (κ2) is 7.73. The van der Waals surface area contributed by atoms with Crippen LogP contribution in [0, 0.1) is 10.1 Å². The average molecular weight is 312 g/mol. The van der Waals surface area contributed by atoms with E-state index in [1.807, 2.05) is 0 Å². The molecule has 0 aromatic heterocycles. The van der Waals surface area contributed by atoms with Crippen LogP contribution >= 0.6 is 11.6 Å². The maximum atomic E-state index is 11.2. The Kier molecular flexibility index (Phi) is 5.96. The smallest absolute Gasteiger partial charge is 0.275 e. The van der Waals surface area contributed by atoms with E-state index in [-0.39, 0.29) is 10.6 Å². The third-order valence-corrected chi connectivity index (χ3v) is 4.34. The molecule has 1 saturated heterocycles. The van der Waals surface area contributed by atoms with Gasteiger partial charge < -0.3 is 5.32 Å². The van der Waals surface area contributed by atoms with Crippen LogP contribution in [-0.2, 0) is 6.54 Å². The Labute approximate surface area is 130 Å². The van der Waals surface area contributed by atoms with E-state index in [9.17, 15) is 10.1 Å². The summed E-state index contributed by atoms with van der Waals surface area (Å²) >= 11 is 6.21. The number of hydrogen-bond donors (Lipinski definition) is 1. The Balaban J connectivity index is 2.21. The van der Waals surface area contributed by atoms with Crippen molar-refractivity contribution in [3.05, 3.63) is 38.9 Å². The Morgan fingerprint density at radius 1 is 1.43 bits per heavy atom. The molecule has 0 amide bonds. The van der Waals surface area contributed by atoms with Crippen LogP contribution in [-0.4, -0.2) is 35.5 Å². The zero-order valence-corrected chi connectivity index (χ0v) is 13.1. The predicted molar refractivity (Wildman–Crippen MR) is 84.7 cm³/mol. The van der Waals surface area contributed by atoms with Gasteiger partial charge in [0.05, 0.1) is 15.5 Å². The first-order chi connectivity index (χ1) is 10.1. The van der Waals surface area contributed by atoms with Crippen molar-refractivity contribution in [2.24, 2.45) is 0 Å². The van der Waals surface area contributed by atoms with Crippen LogP contribution in [0.5, 0.6) is 0 Å². The number of piperidine rings is 1. The molecule has 0 aliphatic carbocycles. The summed E-state index contributed by atoms with van der Waals surface area (Å²) in [6.45, 7) is 5.64. The van der Waals surface area contributed by atoms with E-state index >= 15 is 0 Å². The van der Waals surface area contributed by atoms with E-state index in [2.05, 4.69) is 17.1 Å². The number of halogens is 1. The fourth-order valence-corrected chi connectivity index (χ4v) is 3.16. The van der Waals surface area contributed by atoms with Crippen LogP contribution < -0.4 is 5.32 Å². The number of nitro benzene ring substituents is 1. The Morgan fingerprint density at radius 2 is 2.14 bits per heavy atom. The normalized spacial score (nSPS) is 16.3. The fraction of sp³-hybridized carbons (Fsp3) is 0.600. The van der Waals surface area contributed by atoms with Gasteiger partial charge in [-0.05, 0) is 45.0 Å². The third kappa shape index (κ3) is 4.15. The second-order valence-electron chi connectivity index (χ2n) is 5.45. The fourth-order valence-electron chi connectivity index (χ4n) is 2.93. The van der Waals surface area contributed by atoms with E-state index in [0.717, 1.165) is 38.9 Å². The van der Waals surface area contributed by atoms with Gasteiger partial charge in [0, 0.05) is 18.7 Å². The minimum atomic E-state index is -0.340. The highest BCUT2D eigenvalue weighted by Crippen LogP contribution is 2.29. The van der Waals surface area contributed by atoms with Gasteiger partial charge in [-0.2, -0.15) is 0 Å². The first-order valence-corrected chi connectivity index (χ1v) is 7.87. The molecule has 1 aromatic carbocycles. The summed E-state index contributed by atoms with van der Waals surface area (Å²) in [5.74, 6) is 0. The predicted octanol–water partition coefficient (Wildman–Crippen LogP) is 3.21. The van der Waals surface area contributed by atoms with Crippen molar-refractivity contribution in [3.8, 4) is 0 Å². The lowest BCUT2D eigenvalue weighted by Gasteiger charge is -2.34. The van der Waals surface area contributed by atoms with E-state index in [4.69, 9.17) is 11.6 Å². The number of nitrogens with one attached hydrogen (secondary N) is 1. The van der Waals surface area contributed by atoms with Gasteiger partial charge >= 0.3 is 0 Å². The number of nitrogens with zero attached hydrogens (tertiary/aromatic N) is 2. The van der Waals surface area contributed by atoms with Gasteiger partial charge in [-0.25, -0.2) is 0 Å². The Hall–Kier alpha value is -1.17. The van der Waals surface area contributed by atoms with Crippen molar-refractivity contribution in [3.63, 3.8) is 0 Å². The largest absolute Gasteiger partial charge is 0.317 e. The highest BCUT2D eigenvalue weighted by atomic mass is 35.5. The maximum absolute atomic E-state index is 11.2. The SMILES string of the molecule is CCCN(Cc1c(Cl)cccc1[N+](=O)[O-])C1CCNCC1. The van der Waals surface area contributed by atoms with Gasteiger partial charge in [0.1, 0.15) is 0 Å². The summed E-state index contributed by atoms with van der Waals surface area (Å²) in [6, 6.07) is 5.38. The van der Waals surface area contributed by atoms with Gasteiger partial charge in [0.2, 0.25) is 0 Å². The van der Waals surface area contributed by atoms with Crippen molar-refractivity contribution < 1.29 is 4.92 Å². The summed E-state index contributed by atoms with van der Waals surface area (Å²) in [5.41, 5.74) is 0.758. The number of benzene rings is 1. The molecule has 0 atom stereocenters. The lowest BCUT2D eigenvalue weighted by Crippen LogP contribution is -2.43. The van der Waals surface area contributed by atoms with E-state index in [1.165, 1.54) is 6.07 Å². The molecule has 1 aromatic rings. The van der Waals surface area contributed by atoms with Crippen molar-refractivity contribution >= 4 is 17.3 Å².